The van der Waals surface area contributed by atoms with Gasteiger partial charge in [0.1, 0.15) is 16.5 Å². The molecule has 0 saturated heterocycles. The molecule has 31 heavy (non-hydrogen) atoms. The zero-order valence-corrected chi connectivity index (χ0v) is 18.8. The summed E-state index contributed by atoms with van der Waals surface area (Å²) in [5, 5.41) is 2.69. The summed E-state index contributed by atoms with van der Waals surface area (Å²) >= 11 is 0. The Morgan fingerprint density at radius 3 is 2.52 bits per heavy atom. The van der Waals surface area contributed by atoms with Crippen LogP contribution in [0.25, 0.3) is 0 Å². The molecule has 2 aromatic rings. The van der Waals surface area contributed by atoms with Crippen LogP contribution in [0.2, 0.25) is 0 Å². The number of hydrogen-bond acceptors (Lipinski definition) is 4. The van der Waals surface area contributed by atoms with Gasteiger partial charge >= 0.3 is 0 Å². The number of halogens is 1. The van der Waals surface area contributed by atoms with Crippen molar-refractivity contribution in [2.75, 3.05) is 11.9 Å². The van der Waals surface area contributed by atoms with Crippen LogP contribution in [0.4, 0.5) is 10.1 Å². The predicted molar refractivity (Wildman–Crippen MR) is 118 cm³/mol. The van der Waals surface area contributed by atoms with Crippen molar-refractivity contribution in [2.45, 2.75) is 51.0 Å². The van der Waals surface area contributed by atoms with Gasteiger partial charge in [-0.25, -0.2) is 17.5 Å². The molecule has 3 atom stereocenters. The van der Waals surface area contributed by atoms with E-state index in [2.05, 4.69) is 17.0 Å². The molecule has 6 nitrogen and oxygen atoms in total. The molecule has 1 aliphatic carbocycles. The predicted octanol–water partition coefficient (Wildman–Crippen LogP) is 4.58. The smallest absolute Gasteiger partial charge is 0.255 e. The Bertz CT molecular complexity index is 1020. The van der Waals surface area contributed by atoms with E-state index in [1.807, 2.05) is 13.8 Å². The molecule has 3 rings (SSSR count). The molecule has 2 N–H and O–H groups in total. The number of amides is 1. The number of carbonyl (C=O) groups is 1. The molecule has 1 fully saturated rings. The molecule has 0 aromatic heterocycles. The standard InChI is InChI=1S/C23H29FN2O4S/c1-4-30-19-11-9-18(10-12-19)25-23(27)17-8-13-20(24)22(14-17)31(28,29)26-21-7-5-6-15(2)16(21)3/h8-16,21,26H,4-7H2,1-3H3,(H,25,27)/t15-,16+,21+/m0/s1. The molecule has 1 amide bonds. The van der Waals surface area contributed by atoms with Crippen LogP contribution in [0.1, 0.15) is 50.4 Å². The van der Waals surface area contributed by atoms with Crippen molar-refractivity contribution in [1.29, 1.82) is 0 Å². The van der Waals surface area contributed by atoms with Crippen LogP contribution in [0.15, 0.2) is 47.4 Å². The lowest BCUT2D eigenvalue weighted by molar-refractivity contribution is 0.102. The Kier molecular flexibility index (Phi) is 7.33. The third-order valence-electron chi connectivity index (χ3n) is 5.92. The Labute approximate surface area is 183 Å². The third-order valence-corrected chi connectivity index (χ3v) is 7.42. The first-order chi connectivity index (χ1) is 14.7. The van der Waals surface area contributed by atoms with E-state index < -0.39 is 26.6 Å². The van der Waals surface area contributed by atoms with E-state index in [-0.39, 0.29) is 17.5 Å². The fourth-order valence-electron chi connectivity index (χ4n) is 3.87. The Morgan fingerprint density at radius 1 is 1.13 bits per heavy atom. The lowest BCUT2D eigenvalue weighted by Crippen LogP contribution is -2.43. The lowest BCUT2D eigenvalue weighted by atomic mass is 9.78. The van der Waals surface area contributed by atoms with Crippen molar-refractivity contribution in [3.05, 3.63) is 53.8 Å². The molecule has 8 heteroatoms. The van der Waals surface area contributed by atoms with Crippen LogP contribution in [0.3, 0.4) is 0 Å². The first kappa shape index (κ1) is 23.2. The zero-order chi connectivity index (χ0) is 22.6. The average molecular weight is 449 g/mol. The summed E-state index contributed by atoms with van der Waals surface area (Å²) in [6, 6.07) is 9.89. The SMILES string of the molecule is CCOc1ccc(NC(=O)c2ccc(F)c(S(=O)(=O)N[C@@H]3CCC[C@H](C)[C@H]3C)c2)cc1. The van der Waals surface area contributed by atoms with Gasteiger partial charge in [-0.2, -0.15) is 0 Å². The number of rotatable bonds is 7. The van der Waals surface area contributed by atoms with Crippen LogP contribution in [0.5, 0.6) is 5.75 Å². The fraction of sp³-hybridized carbons (Fsp3) is 0.435. The van der Waals surface area contributed by atoms with E-state index in [4.69, 9.17) is 4.74 Å². The van der Waals surface area contributed by atoms with Gasteiger partial charge in [-0.15, -0.1) is 0 Å². The van der Waals surface area contributed by atoms with Gasteiger partial charge in [0, 0.05) is 17.3 Å². The van der Waals surface area contributed by atoms with Gasteiger partial charge in [-0.05, 0) is 67.6 Å². The highest BCUT2D eigenvalue weighted by molar-refractivity contribution is 7.89. The highest BCUT2D eigenvalue weighted by Gasteiger charge is 2.32. The third kappa shape index (κ3) is 5.62. The Balaban J connectivity index is 1.77. The van der Waals surface area contributed by atoms with E-state index >= 15 is 0 Å². The summed E-state index contributed by atoms with van der Waals surface area (Å²) < 4.78 is 48.3. The second-order valence-electron chi connectivity index (χ2n) is 8.05. The van der Waals surface area contributed by atoms with Gasteiger partial charge in [0.15, 0.2) is 0 Å². The zero-order valence-electron chi connectivity index (χ0n) is 18.0. The lowest BCUT2D eigenvalue weighted by Gasteiger charge is -2.34. The van der Waals surface area contributed by atoms with E-state index in [1.165, 1.54) is 6.07 Å². The van der Waals surface area contributed by atoms with E-state index in [0.29, 0.717) is 30.4 Å². The minimum Gasteiger partial charge on any atom is -0.494 e. The number of ether oxygens (including phenoxy) is 1. The Hall–Kier alpha value is -2.45. The molecular formula is C23H29FN2O4S. The largest absolute Gasteiger partial charge is 0.494 e. The summed E-state index contributed by atoms with van der Waals surface area (Å²) in [6.07, 6.45) is 2.69. The van der Waals surface area contributed by atoms with Gasteiger partial charge in [0.25, 0.3) is 5.91 Å². The number of benzene rings is 2. The summed E-state index contributed by atoms with van der Waals surface area (Å²) in [4.78, 5) is 12.1. The number of anilines is 1. The molecule has 0 spiro atoms. The summed E-state index contributed by atoms with van der Waals surface area (Å²) in [7, 11) is -4.11. The summed E-state index contributed by atoms with van der Waals surface area (Å²) in [6.45, 7) is 6.51. The number of carbonyl (C=O) groups excluding carboxylic acids is 1. The monoisotopic (exact) mass is 448 g/mol. The van der Waals surface area contributed by atoms with Gasteiger partial charge in [-0.1, -0.05) is 26.7 Å². The minimum absolute atomic E-state index is 0.0562. The fourth-order valence-corrected chi connectivity index (χ4v) is 5.33. The van der Waals surface area contributed by atoms with Gasteiger partial charge < -0.3 is 10.1 Å². The molecule has 1 saturated carbocycles. The molecular weight excluding hydrogens is 419 g/mol. The second kappa shape index (κ2) is 9.78. The molecule has 0 bridgehead atoms. The maximum atomic E-state index is 14.4. The van der Waals surface area contributed by atoms with Crippen LogP contribution in [-0.4, -0.2) is 27.0 Å². The normalized spacial score (nSPS) is 21.5. The van der Waals surface area contributed by atoms with E-state index in [9.17, 15) is 17.6 Å². The molecule has 1 aliphatic rings. The van der Waals surface area contributed by atoms with Crippen molar-refractivity contribution < 1.29 is 22.3 Å². The molecule has 0 heterocycles. The van der Waals surface area contributed by atoms with Crippen molar-refractivity contribution in [3.8, 4) is 5.75 Å². The number of nitrogens with one attached hydrogen (secondary N) is 2. The first-order valence-electron chi connectivity index (χ1n) is 10.6. The van der Waals surface area contributed by atoms with E-state index in [1.54, 1.807) is 24.3 Å². The average Bonchev–Trinajstić information content (AvgIpc) is 2.73. The number of hydrogen-bond donors (Lipinski definition) is 2. The van der Waals surface area contributed by atoms with Gasteiger partial charge in [0.2, 0.25) is 10.0 Å². The van der Waals surface area contributed by atoms with E-state index in [0.717, 1.165) is 25.0 Å². The highest BCUT2D eigenvalue weighted by atomic mass is 32.2. The summed E-state index contributed by atoms with van der Waals surface area (Å²) in [5.74, 6) is -0.204. The van der Waals surface area contributed by atoms with Crippen molar-refractivity contribution >= 4 is 21.6 Å². The van der Waals surface area contributed by atoms with Crippen LogP contribution >= 0.6 is 0 Å². The second-order valence-corrected chi connectivity index (χ2v) is 9.73. The van der Waals surface area contributed by atoms with Gasteiger partial charge in [-0.3, -0.25) is 4.79 Å². The van der Waals surface area contributed by atoms with Crippen molar-refractivity contribution in [3.63, 3.8) is 0 Å². The van der Waals surface area contributed by atoms with Crippen LogP contribution in [0, 0.1) is 17.7 Å². The molecule has 0 aliphatic heterocycles. The molecule has 2 aromatic carbocycles. The topological polar surface area (TPSA) is 84.5 Å². The minimum atomic E-state index is -4.11. The first-order valence-corrected chi connectivity index (χ1v) is 12.1. The quantitative estimate of drug-likeness (QED) is 0.649. The number of sulfonamides is 1. The van der Waals surface area contributed by atoms with Crippen molar-refractivity contribution in [1.82, 2.24) is 4.72 Å². The van der Waals surface area contributed by atoms with Crippen LogP contribution in [-0.2, 0) is 10.0 Å². The molecule has 0 unspecified atom stereocenters. The van der Waals surface area contributed by atoms with Crippen molar-refractivity contribution in [2.24, 2.45) is 11.8 Å². The summed E-state index contributed by atoms with van der Waals surface area (Å²) in [5.41, 5.74) is 0.575. The van der Waals surface area contributed by atoms with Gasteiger partial charge in [0.05, 0.1) is 6.61 Å². The Morgan fingerprint density at radius 2 is 1.84 bits per heavy atom. The molecule has 0 radical (unpaired) electrons. The maximum Gasteiger partial charge on any atom is 0.255 e. The van der Waals surface area contributed by atoms with Crippen LogP contribution < -0.4 is 14.8 Å². The molecule has 168 valence electrons. The maximum absolute atomic E-state index is 14.4. The highest BCUT2D eigenvalue weighted by Crippen LogP contribution is 2.31.